The van der Waals surface area contributed by atoms with Gasteiger partial charge in [-0.05, 0) is 25.0 Å². The van der Waals surface area contributed by atoms with Crippen LogP contribution in [0, 0.1) is 6.92 Å². The van der Waals surface area contributed by atoms with Crippen molar-refractivity contribution >= 4 is 0 Å². The van der Waals surface area contributed by atoms with Gasteiger partial charge in [0, 0.05) is 18.5 Å². The highest BCUT2D eigenvalue weighted by atomic mass is 16.5. The molecule has 0 aromatic carbocycles. The van der Waals surface area contributed by atoms with E-state index in [0.29, 0.717) is 6.54 Å². The second-order valence-corrected chi connectivity index (χ2v) is 4.35. The third kappa shape index (κ3) is 2.97. The minimum atomic E-state index is -0.361. The van der Waals surface area contributed by atoms with Gasteiger partial charge in [0.15, 0.2) is 0 Å². The van der Waals surface area contributed by atoms with Crippen molar-refractivity contribution in [1.82, 2.24) is 9.72 Å². The molecule has 0 saturated carbocycles. The van der Waals surface area contributed by atoms with Crippen LogP contribution in [0.15, 0.2) is 29.0 Å². The van der Waals surface area contributed by atoms with E-state index in [1.165, 1.54) is 0 Å². The van der Waals surface area contributed by atoms with Crippen molar-refractivity contribution in [2.24, 2.45) is 0 Å². The van der Waals surface area contributed by atoms with Crippen LogP contribution < -0.4 is 0 Å². The number of aromatic nitrogens is 2. The van der Waals surface area contributed by atoms with Crippen LogP contribution in [0.5, 0.6) is 0 Å². The van der Waals surface area contributed by atoms with Crippen molar-refractivity contribution in [2.45, 2.75) is 39.3 Å². The molecule has 0 aliphatic rings. The maximum absolute atomic E-state index is 9.86. The Bertz CT molecular complexity index is 473. The average molecular weight is 234 g/mol. The van der Waals surface area contributed by atoms with Crippen LogP contribution in [0.4, 0.5) is 0 Å². The quantitative estimate of drug-likeness (QED) is 0.865. The molecule has 0 saturated heterocycles. The molecule has 1 atom stereocenters. The molecular weight excluding hydrogens is 216 g/mol. The molecule has 0 fully saturated rings. The van der Waals surface area contributed by atoms with Gasteiger partial charge in [0.2, 0.25) is 0 Å². The van der Waals surface area contributed by atoms with Gasteiger partial charge in [-0.1, -0.05) is 18.5 Å². The molecule has 17 heavy (non-hydrogen) atoms. The highest BCUT2D eigenvalue weighted by Crippen LogP contribution is 2.18. The highest BCUT2D eigenvalue weighted by Gasteiger charge is 2.08. The van der Waals surface area contributed by atoms with Gasteiger partial charge in [-0.2, -0.15) is 0 Å². The van der Waals surface area contributed by atoms with E-state index in [1.807, 2.05) is 36.0 Å². The smallest absolute Gasteiger partial charge is 0.133 e. The van der Waals surface area contributed by atoms with Crippen LogP contribution in [0.2, 0.25) is 0 Å². The fourth-order valence-electron chi connectivity index (χ4n) is 1.87. The van der Waals surface area contributed by atoms with E-state index in [-0.39, 0.29) is 6.10 Å². The molecule has 1 N–H and O–H groups in total. The van der Waals surface area contributed by atoms with Gasteiger partial charge in [-0.25, -0.2) is 0 Å². The van der Waals surface area contributed by atoms with Crippen molar-refractivity contribution in [3.05, 3.63) is 41.5 Å². The monoisotopic (exact) mass is 234 g/mol. The van der Waals surface area contributed by atoms with Crippen LogP contribution in [0.1, 0.15) is 42.9 Å². The lowest BCUT2D eigenvalue weighted by Gasteiger charge is -2.05. The molecule has 92 valence electrons. The fraction of sp³-hybridized carbons (Fsp3) is 0.462. The van der Waals surface area contributed by atoms with Gasteiger partial charge < -0.3 is 14.2 Å². The van der Waals surface area contributed by atoms with Gasteiger partial charge in [-0.15, -0.1) is 0 Å². The number of hydrogen-bond donors (Lipinski definition) is 1. The fourth-order valence-corrected chi connectivity index (χ4v) is 1.87. The summed E-state index contributed by atoms with van der Waals surface area (Å²) in [7, 11) is 0. The number of rotatable bonds is 5. The second-order valence-electron chi connectivity index (χ2n) is 4.35. The van der Waals surface area contributed by atoms with Gasteiger partial charge in [0.1, 0.15) is 11.5 Å². The molecule has 2 aromatic rings. The van der Waals surface area contributed by atoms with E-state index < -0.39 is 0 Å². The first-order valence-corrected chi connectivity index (χ1v) is 5.95. The summed E-state index contributed by atoms with van der Waals surface area (Å²) in [5.41, 5.74) is 1.86. The van der Waals surface area contributed by atoms with Gasteiger partial charge in [0.05, 0.1) is 12.6 Å². The molecule has 0 aliphatic heterocycles. The van der Waals surface area contributed by atoms with E-state index >= 15 is 0 Å². The van der Waals surface area contributed by atoms with Crippen LogP contribution in [-0.2, 0) is 6.54 Å². The molecular formula is C13H18N2O2. The molecule has 4 nitrogen and oxygen atoms in total. The van der Waals surface area contributed by atoms with E-state index in [9.17, 15) is 5.11 Å². The average Bonchev–Trinajstić information content (AvgIpc) is 2.89. The Kier molecular flexibility index (Phi) is 3.64. The van der Waals surface area contributed by atoms with E-state index in [2.05, 4.69) is 12.1 Å². The zero-order valence-corrected chi connectivity index (χ0v) is 10.3. The van der Waals surface area contributed by atoms with Crippen LogP contribution in [0.3, 0.4) is 0 Å². The molecule has 2 heterocycles. The molecule has 2 rings (SSSR count). The Labute approximate surface area is 101 Å². The summed E-state index contributed by atoms with van der Waals surface area (Å²) in [4.78, 5) is 0. The van der Waals surface area contributed by atoms with Crippen LogP contribution >= 0.6 is 0 Å². The third-order valence-corrected chi connectivity index (χ3v) is 2.74. The van der Waals surface area contributed by atoms with Crippen molar-refractivity contribution in [3.63, 3.8) is 0 Å². The zero-order chi connectivity index (χ0) is 12.3. The lowest BCUT2D eigenvalue weighted by Crippen LogP contribution is -1.98. The van der Waals surface area contributed by atoms with E-state index in [0.717, 1.165) is 29.9 Å². The normalized spacial score (nSPS) is 12.9. The zero-order valence-electron chi connectivity index (χ0n) is 10.3. The predicted molar refractivity (Wildman–Crippen MR) is 64.6 cm³/mol. The number of hydrogen-bond acceptors (Lipinski definition) is 3. The molecule has 2 aromatic heterocycles. The first kappa shape index (κ1) is 11.9. The lowest BCUT2D eigenvalue weighted by molar-refractivity contribution is 0.166. The highest BCUT2D eigenvalue weighted by molar-refractivity contribution is 5.15. The first-order chi connectivity index (χ1) is 8.19. The number of aliphatic hydroxyl groups excluding tert-OH is 1. The molecule has 0 spiro atoms. The Balaban J connectivity index is 2.03. The third-order valence-electron chi connectivity index (χ3n) is 2.74. The Morgan fingerprint density at radius 2 is 2.35 bits per heavy atom. The van der Waals surface area contributed by atoms with E-state index in [4.69, 9.17) is 4.52 Å². The summed E-state index contributed by atoms with van der Waals surface area (Å²) in [6.45, 7) is 4.62. The summed E-state index contributed by atoms with van der Waals surface area (Å²) in [5.74, 6) is 0.818. The van der Waals surface area contributed by atoms with Crippen LogP contribution in [0.25, 0.3) is 0 Å². The SMILES string of the molecule is CCCC(O)c1ccn(Cc2cc(C)on2)c1. The topological polar surface area (TPSA) is 51.2 Å². The maximum atomic E-state index is 9.86. The Morgan fingerprint density at radius 1 is 1.53 bits per heavy atom. The lowest BCUT2D eigenvalue weighted by atomic mass is 10.1. The molecule has 4 heteroatoms. The van der Waals surface area contributed by atoms with Crippen molar-refractivity contribution < 1.29 is 9.63 Å². The standard InChI is InChI=1S/C13H18N2O2/c1-3-4-13(16)11-5-6-15(8-11)9-12-7-10(2)17-14-12/h5-8,13,16H,3-4,9H2,1-2H3. The van der Waals surface area contributed by atoms with Crippen molar-refractivity contribution in [1.29, 1.82) is 0 Å². The first-order valence-electron chi connectivity index (χ1n) is 5.95. The summed E-state index contributed by atoms with van der Waals surface area (Å²) in [6.07, 6.45) is 5.34. The molecule has 0 aliphatic carbocycles. The molecule has 0 amide bonds. The predicted octanol–water partition coefficient (Wildman–Crippen LogP) is 2.67. The Hall–Kier alpha value is -1.55. The largest absolute Gasteiger partial charge is 0.388 e. The summed E-state index contributed by atoms with van der Waals surface area (Å²) >= 11 is 0. The van der Waals surface area contributed by atoms with Crippen molar-refractivity contribution in [2.75, 3.05) is 0 Å². The number of aryl methyl sites for hydroxylation is 1. The minimum Gasteiger partial charge on any atom is -0.388 e. The molecule has 0 bridgehead atoms. The molecule has 1 unspecified atom stereocenters. The number of nitrogens with zero attached hydrogens (tertiary/aromatic N) is 2. The van der Waals surface area contributed by atoms with Gasteiger partial charge in [-0.3, -0.25) is 0 Å². The van der Waals surface area contributed by atoms with E-state index in [1.54, 1.807) is 0 Å². The minimum absolute atomic E-state index is 0.361. The van der Waals surface area contributed by atoms with Crippen LogP contribution in [-0.4, -0.2) is 14.8 Å². The second kappa shape index (κ2) is 5.19. The Morgan fingerprint density at radius 3 is 3.00 bits per heavy atom. The van der Waals surface area contributed by atoms with Crippen molar-refractivity contribution in [3.8, 4) is 0 Å². The summed E-state index contributed by atoms with van der Waals surface area (Å²) < 4.78 is 7.02. The molecule has 0 radical (unpaired) electrons. The summed E-state index contributed by atoms with van der Waals surface area (Å²) in [6, 6.07) is 3.87. The summed E-state index contributed by atoms with van der Waals surface area (Å²) in [5, 5.41) is 13.8. The maximum Gasteiger partial charge on any atom is 0.133 e. The van der Waals surface area contributed by atoms with Gasteiger partial charge >= 0.3 is 0 Å². The van der Waals surface area contributed by atoms with Gasteiger partial charge in [0.25, 0.3) is 0 Å². The number of aliphatic hydroxyl groups is 1.